The maximum atomic E-state index is 11.8. The van der Waals surface area contributed by atoms with Gasteiger partial charge in [-0.25, -0.2) is 0 Å². The Hall–Kier alpha value is -2.61. The highest BCUT2D eigenvalue weighted by Crippen LogP contribution is 2.42. The Balaban J connectivity index is 1.81. The molecule has 0 radical (unpaired) electrons. The summed E-state index contributed by atoms with van der Waals surface area (Å²) in [7, 11) is 0. The first-order chi connectivity index (χ1) is 11.3. The number of fused-ring (bicyclic) bond motifs is 1. The molecule has 4 rings (SSSR count). The Morgan fingerprint density at radius 3 is 2.13 bits per heavy atom. The average Bonchev–Trinajstić information content (AvgIpc) is 2.62. The molecule has 2 heteroatoms. The minimum absolute atomic E-state index is 0.00993. The summed E-state index contributed by atoms with van der Waals surface area (Å²) < 4.78 is 0. The minimum Gasteiger partial charge on any atom is -0.326 e. The lowest BCUT2D eigenvalue weighted by molar-refractivity contribution is 0.525. The molecule has 3 aromatic rings. The Morgan fingerprint density at radius 2 is 1.43 bits per heavy atom. The van der Waals surface area contributed by atoms with Crippen LogP contribution in [0, 0.1) is 0 Å². The predicted molar refractivity (Wildman–Crippen MR) is 92.9 cm³/mol. The zero-order chi connectivity index (χ0) is 15.6. The topological polar surface area (TPSA) is 32.9 Å². The third kappa shape index (κ3) is 2.72. The highest BCUT2D eigenvalue weighted by Gasteiger charge is 2.29. The van der Waals surface area contributed by atoms with Crippen molar-refractivity contribution < 1.29 is 0 Å². The van der Waals surface area contributed by atoms with E-state index in [1.807, 2.05) is 6.07 Å². The van der Waals surface area contributed by atoms with Gasteiger partial charge in [0.05, 0.1) is 0 Å². The van der Waals surface area contributed by atoms with Gasteiger partial charge in [-0.1, -0.05) is 66.7 Å². The summed E-state index contributed by atoms with van der Waals surface area (Å²) in [6.45, 7) is 0. The monoisotopic (exact) mass is 301 g/mol. The fraction of sp³-hybridized carbons (Fsp3) is 0.190. The Morgan fingerprint density at radius 1 is 0.783 bits per heavy atom. The van der Waals surface area contributed by atoms with E-state index in [1.165, 1.54) is 16.7 Å². The number of aromatic nitrogens is 1. The second-order valence-corrected chi connectivity index (χ2v) is 6.27. The molecule has 1 aliphatic carbocycles. The van der Waals surface area contributed by atoms with Crippen molar-refractivity contribution in [3.8, 4) is 0 Å². The lowest BCUT2D eigenvalue weighted by Gasteiger charge is -2.32. The summed E-state index contributed by atoms with van der Waals surface area (Å²) in [5.74, 6) is 0.772. The molecule has 1 aromatic heterocycles. The molecule has 2 nitrogen and oxygen atoms in total. The maximum Gasteiger partial charge on any atom is 0.248 e. The second-order valence-electron chi connectivity index (χ2n) is 6.27. The smallest absolute Gasteiger partial charge is 0.248 e. The number of hydrogen-bond donors (Lipinski definition) is 1. The number of aromatic amines is 1. The number of H-pyrrole nitrogens is 1. The number of hydrogen-bond acceptors (Lipinski definition) is 1. The predicted octanol–water partition coefficient (Wildman–Crippen LogP) is 4.24. The van der Waals surface area contributed by atoms with Crippen molar-refractivity contribution in [2.45, 2.75) is 24.7 Å². The molecule has 0 spiro atoms. The number of nitrogens with one attached hydrogen (secondary N) is 1. The molecule has 0 saturated carbocycles. The molecule has 0 aliphatic heterocycles. The molecular weight excluding hydrogens is 282 g/mol. The van der Waals surface area contributed by atoms with Crippen LogP contribution in [0.1, 0.15) is 40.6 Å². The third-order valence-electron chi connectivity index (χ3n) is 4.86. The van der Waals surface area contributed by atoms with E-state index in [9.17, 15) is 4.79 Å². The van der Waals surface area contributed by atoms with Crippen LogP contribution in [-0.4, -0.2) is 4.98 Å². The largest absolute Gasteiger partial charge is 0.326 e. The summed E-state index contributed by atoms with van der Waals surface area (Å²) in [4.78, 5) is 14.8. The minimum atomic E-state index is -0.00993. The van der Waals surface area contributed by atoms with Gasteiger partial charge in [0.2, 0.25) is 5.56 Å². The van der Waals surface area contributed by atoms with Crippen LogP contribution in [0.2, 0.25) is 0 Å². The molecule has 2 atom stereocenters. The first kappa shape index (κ1) is 14.0. The van der Waals surface area contributed by atoms with Crippen molar-refractivity contribution >= 4 is 0 Å². The zero-order valence-electron chi connectivity index (χ0n) is 12.9. The van der Waals surface area contributed by atoms with Gasteiger partial charge in [-0.05, 0) is 35.4 Å². The van der Waals surface area contributed by atoms with E-state index in [0.717, 1.165) is 18.5 Å². The molecule has 114 valence electrons. The summed E-state index contributed by atoms with van der Waals surface area (Å²) >= 11 is 0. The van der Waals surface area contributed by atoms with Gasteiger partial charge in [-0.3, -0.25) is 4.79 Å². The first-order valence-corrected chi connectivity index (χ1v) is 8.13. The molecule has 1 N–H and O–H groups in total. The fourth-order valence-electron chi connectivity index (χ4n) is 3.75. The van der Waals surface area contributed by atoms with Gasteiger partial charge < -0.3 is 4.98 Å². The van der Waals surface area contributed by atoms with Gasteiger partial charge in [-0.15, -0.1) is 0 Å². The van der Waals surface area contributed by atoms with Gasteiger partial charge in [0.15, 0.2) is 0 Å². The van der Waals surface area contributed by atoms with E-state index < -0.39 is 0 Å². The number of rotatable bonds is 2. The third-order valence-corrected chi connectivity index (χ3v) is 4.86. The van der Waals surface area contributed by atoms with Crippen LogP contribution in [0.5, 0.6) is 0 Å². The molecule has 2 aromatic carbocycles. The van der Waals surface area contributed by atoms with Gasteiger partial charge >= 0.3 is 0 Å². The van der Waals surface area contributed by atoms with Crippen molar-refractivity contribution in [2.75, 3.05) is 0 Å². The highest BCUT2D eigenvalue weighted by molar-refractivity contribution is 5.39. The van der Waals surface area contributed by atoms with E-state index in [1.54, 1.807) is 6.07 Å². The second kappa shape index (κ2) is 5.88. The van der Waals surface area contributed by atoms with E-state index in [2.05, 4.69) is 65.6 Å². The van der Waals surface area contributed by atoms with E-state index in [0.29, 0.717) is 11.8 Å². The molecule has 1 aliphatic rings. The normalized spacial score (nSPS) is 20.0. The quantitative estimate of drug-likeness (QED) is 0.754. The van der Waals surface area contributed by atoms with E-state index >= 15 is 0 Å². The molecule has 2 unspecified atom stereocenters. The SMILES string of the molecule is O=c1ccc2c([nH]1)CC(c1ccccc1)CC2c1ccccc1. The average molecular weight is 301 g/mol. The van der Waals surface area contributed by atoms with Crippen molar-refractivity contribution in [3.05, 3.63) is 106 Å². The van der Waals surface area contributed by atoms with Crippen LogP contribution in [-0.2, 0) is 6.42 Å². The molecule has 0 bridgehead atoms. The summed E-state index contributed by atoms with van der Waals surface area (Å²) in [5, 5.41) is 0. The number of pyridine rings is 1. The maximum absolute atomic E-state index is 11.8. The standard InChI is InChI=1S/C21H19NO/c23-21-12-11-18-19(16-9-5-2-6-10-16)13-17(14-20(18)22-21)15-7-3-1-4-8-15/h1-12,17,19H,13-14H2,(H,22,23). The lowest BCUT2D eigenvalue weighted by atomic mass is 9.73. The van der Waals surface area contributed by atoms with Gasteiger partial charge in [0.25, 0.3) is 0 Å². The first-order valence-electron chi connectivity index (χ1n) is 8.13. The molecule has 0 fully saturated rings. The van der Waals surface area contributed by atoms with Crippen molar-refractivity contribution in [2.24, 2.45) is 0 Å². The van der Waals surface area contributed by atoms with Gasteiger partial charge in [-0.2, -0.15) is 0 Å². The van der Waals surface area contributed by atoms with Crippen molar-refractivity contribution in [1.82, 2.24) is 4.98 Å². The Bertz CT molecular complexity index is 852. The van der Waals surface area contributed by atoms with E-state index in [-0.39, 0.29) is 5.56 Å². The fourth-order valence-corrected chi connectivity index (χ4v) is 3.75. The summed E-state index contributed by atoms with van der Waals surface area (Å²) in [6.07, 6.45) is 1.98. The van der Waals surface area contributed by atoms with Crippen LogP contribution in [0.3, 0.4) is 0 Å². The van der Waals surface area contributed by atoms with Crippen molar-refractivity contribution in [3.63, 3.8) is 0 Å². The van der Waals surface area contributed by atoms with Crippen LogP contribution in [0.25, 0.3) is 0 Å². The molecule has 0 saturated heterocycles. The van der Waals surface area contributed by atoms with Crippen molar-refractivity contribution in [1.29, 1.82) is 0 Å². The van der Waals surface area contributed by atoms with E-state index in [4.69, 9.17) is 0 Å². The molecule has 0 amide bonds. The lowest BCUT2D eigenvalue weighted by Crippen LogP contribution is -2.22. The van der Waals surface area contributed by atoms with Crippen LogP contribution >= 0.6 is 0 Å². The molecule has 1 heterocycles. The Labute approximate surface area is 135 Å². The molecular formula is C21H19NO. The van der Waals surface area contributed by atoms with Gasteiger partial charge in [0.1, 0.15) is 0 Å². The highest BCUT2D eigenvalue weighted by atomic mass is 16.1. The van der Waals surface area contributed by atoms with Crippen LogP contribution < -0.4 is 5.56 Å². The summed E-state index contributed by atoms with van der Waals surface area (Å²) in [6, 6.07) is 24.9. The van der Waals surface area contributed by atoms with Gasteiger partial charge in [0, 0.05) is 17.7 Å². The van der Waals surface area contributed by atoms with Crippen LogP contribution in [0.15, 0.2) is 77.6 Å². The summed E-state index contributed by atoms with van der Waals surface area (Å²) in [5.41, 5.74) is 5.02. The van der Waals surface area contributed by atoms with Crippen LogP contribution in [0.4, 0.5) is 0 Å². The number of benzene rings is 2. The Kier molecular flexibility index (Phi) is 3.58. The zero-order valence-corrected chi connectivity index (χ0v) is 12.9. The molecule has 23 heavy (non-hydrogen) atoms.